The molecule has 1 aromatic carbocycles. The van der Waals surface area contributed by atoms with Gasteiger partial charge in [0.05, 0.1) is 11.6 Å². The van der Waals surface area contributed by atoms with E-state index in [0.29, 0.717) is 11.1 Å². The number of rotatable bonds is 4. The molecular formula is C11H11N3O3. The van der Waals surface area contributed by atoms with Gasteiger partial charge < -0.3 is 16.2 Å². The standard InChI is InChI=1S/C11H11N3O3/c12-5-7-2-1-3-8(4-7)10(15)14-6-9(13)11(16)17/h1-4,9H,6,13H2,(H,14,15)(H,16,17). The lowest BCUT2D eigenvalue weighted by atomic mass is 10.1. The van der Waals surface area contributed by atoms with Gasteiger partial charge in [0.1, 0.15) is 6.04 Å². The van der Waals surface area contributed by atoms with Crippen LogP contribution in [0, 0.1) is 11.3 Å². The number of aliphatic carboxylic acids is 1. The van der Waals surface area contributed by atoms with Crippen LogP contribution in [0.4, 0.5) is 0 Å². The molecule has 0 aliphatic carbocycles. The Kier molecular flexibility index (Phi) is 4.20. The zero-order valence-electron chi connectivity index (χ0n) is 8.88. The Morgan fingerprint density at radius 2 is 2.24 bits per heavy atom. The zero-order valence-corrected chi connectivity index (χ0v) is 8.88. The van der Waals surface area contributed by atoms with Gasteiger partial charge in [-0.1, -0.05) is 6.07 Å². The van der Waals surface area contributed by atoms with Crippen molar-refractivity contribution in [2.75, 3.05) is 6.54 Å². The van der Waals surface area contributed by atoms with E-state index in [-0.39, 0.29) is 6.54 Å². The molecular weight excluding hydrogens is 222 g/mol. The number of hydrogen-bond donors (Lipinski definition) is 3. The second-order valence-electron chi connectivity index (χ2n) is 3.35. The van der Waals surface area contributed by atoms with Crippen LogP contribution in [0.2, 0.25) is 0 Å². The Balaban J connectivity index is 2.64. The summed E-state index contributed by atoms with van der Waals surface area (Å²) in [5, 5.41) is 19.6. The smallest absolute Gasteiger partial charge is 0.322 e. The molecule has 0 bridgehead atoms. The van der Waals surface area contributed by atoms with Gasteiger partial charge in [0.25, 0.3) is 5.91 Å². The molecule has 17 heavy (non-hydrogen) atoms. The highest BCUT2D eigenvalue weighted by Gasteiger charge is 2.13. The van der Waals surface area contributed by atoms with Gasteiger partial charge >= 0.3 is 5.97 Å². The summed E-state index contributed by atoms with van der Waals surface area (Å²) < 4.78 is 0. The Labute approximate surface area is 97.7 Å². The average Bonchev–Trinajstić information content (AvgIpc) is 2.35. The van der Waals surface area contributed by atoms with E-state index in [1.165, 1.54) is 12.1 Å². The van der Waals surface area contributed by atoms with Crippen LogP contribution in [0.1, 0.15) is 15.9 Å². The lowest BCUT2D eigenvalue weighted by Crippen LogP contribution is -2.42. The van der Waals surface area contributed by atoms with Crippen molar-refractivity contribution in [3.63, 3.8) is 0 Å². The molecule has 0 spiro atoms. The first-order valence-electron chi connectivity index (χ1n) is 4.81. The molecule has 1 amide bonds. The molecule has 0 aliphatic heterocycles. The molecule has 88 valence electrons. The lowest BCUT2D eigenvalue weighted by Gasteiger charge is -2.08. The first-order valence-corrected chi connectivity index (χ1v) is 4.81. The van der Waals surface area contributed by atoms with Crippen molar-refractivity contribution in [2.45, 2.75) is 6.04 Å². The molecule has 1 rings (SSSR count). The minimum Gasteiger partial charge on any atom is -0.480 e. The molecule has 0 aromatic heterocycles. The van der Waals surface area contributed by atoms with E-state index in [4.69, 9.17) is 16.1 Å². The number of hydrogen-bond acceptors (Lipinski definition) is 4. The molecule has 1 atom stereocenters. The van der Waals surface area contributed by atoms with Crippen LogP contribution in [-0.2, 0) is 4.79 Å². The van der Waals surface area contributed by atoms with Crippen molar-refractivity contribution in [3.8, 4) is 6.07 Å². The summed E-state index contributed by atoms with van der Waals surface area (Å²) in [6, 6.07) is 6.86. The van der Waals surface area contributed by atoms with Gasteiger partial charge in [-0.2, -0.15) is 5.26 Å². The summed E-state index contributed by atoms with van der Waals surface area (Å²) >= 11 is 0. The molecule has 1 unspecified atom stereocenters. The van der Waals surface area contributed by atoms with E-state index in [1.807, 2.05) is 6.07 Å². The highest BCUT2D eigenvalue weighted by Crippen LogP contribution is 2.03. The van der Waals surface area contributed by atoms with Crippen LogP contribution >= 0.6 is 0 Å². The molecule has 0 saturated carbocycles. The van der Waals surface area contributed by atoms with Crippen LogP contribution in [0.5, 0.6) is 0 Å². The zero-order chi connectivity index (χ0) is 12.8. The summed E-state index contributed by atoms with van der Waals surface area (Å²) in [5.41, 5.74) is 5.89. The van der Waals surface area contributed by atoms with Gasteiger partial charge in [-0.05, 0) is 18.2 Å². The van der Waals surface area contributed by atoms with E-state index in [0.717, 1.165) is 0 Å². The number of carbonyl (C=O) groups is 2. The van der Waals surface area contributed by atoms with Gasteiger partial charge in [-0.3, -0.25) is 9.59 Å². The first kappa shape index (κ1) is 12.7. The Bertz CT molecular complexity index is 479. The number of carbonyl (C=O) groups excluding carboxylic acids is 1. The Morgan fingerprint density at radius 1 is 1.53 bits per heavy atom. The van der Waals surface area contributed by atoms with Gasteiger partial charge in [0, 0.05) is 12.1 Å². The van der Waals surface area contributed by atoms with Crippen LogP contribution in [0.3, 0.4) is 0 Å². The minimum atomic E-state index is -1.18. The molecule has 6 nitrogen and oxygen atoms in total. The van der Waals surface area contributed by atoms with Crippen molar-refractivity contribution >= 4 is 11.9 Å². The molecule has 0 aliphatic rings. The summed E-state index contributed by atoms with van der Waals surface area (Å²) in [4.78, 5) is 22.0. The molecule has 0 fully saturated rings. The summed E-state index contributed by atoms with van der Waals surface area (Å²) in [6.45, 7) is -0.162. The predicted octanol–water partition coefficient (Wildman–Crippen LogP) is -0.300. The quantitative estimate of drug-likeness (QED) is 0.660. The molecule has 0 radical (unpaired) electrons. The molecule has 1 aromatic rings. The van der Waals surface area contributed by atoms with E-state index < -0.39 is 17.9 Å². The number of carboxylic acid groups (broad SMARTS) is 1. The fourth-order valence-electron chi connectivity index (χ4n) is 1.12. The lowest BCUT2D eigenvalue weighted by molar-refractivity contribution is -0.138. The molecule has 0 heterocycles. The van der Waals surface area contributed by atoms with Crippen LogP contribution in [0.25, 0.3) is 0 Å². The minimum absolute atomic E-state index is 0.162. The maximum atomic E-state index is 11.6. The van der Waals surface area contributed by atoms with Gasteiger partial charge in [-0.25, -0.2) is 0 Å². The number of nitriles is 1. The van der Waals surface area contributed by atoms with E-state index >= 15 is 0 Å². The SMILES string of the molecule is N#Cc1cccc(C(=O)NCC(N)C(=O)O)c1. The van der Waals surface area contributed by atoms with E-state index in [1.54, 1.807) is 12.1 Å². The third-order valence-electron chi connectivity index (χ3n) is 2.05. The Hall–Kier alpha value is -2.39. The van der Waals surface area contributed by atoms with Gasteiger partial charge in [-0.15, -0.1) is 0 Å². The number of nitrogens with zero attached hydrogens (tertiary/aromatic N) is 1. The van der Waals surface area contributed by atoms with Gasteiger partial charge in [0.2, 0.25) is 0 Å². The molecule has 6 heteroatoms. The first-order chi connectivity index (χ1) is 8.04. The van der Waals surface area contributed by atoms with Crippen molar-refractivity contribution in [3.05, 3.63) is 35.4 Å². The third-order valence-corrected chi connectivity index (χ3v) is 2.05. The number of nitrogens with one attached hydrogen (secondary N) is 1. The second kappa shape index (κ2) is 5.63. The van der Waals surface area contributed by atoms with Crippen molar-refractivity contribution in [2.24, 2.45) is 5.73 Å². The Morgan fingerprint density at radius 3 is 2.82 bits per heavy atom. The van der Waals surface area contributed by atoms with Crippen LogP contribution < -0.4 is 11.1 Å². The average molecular weight is 233 g/mol. The fraction of sp³-hybridized carbons (Fsp3) is 0.182. The number of carboxylic acids is 1. The van der Waals surface area contributed by atoms with E-state index in [9.17, 15) is 9.59 Å². The topological polar surface area (TPSA) is 116 Å². The second-order valence-corrected chi connectivity index (χ2v) is 3.35. The normalized spacial score (nSPS) is 11.3. The predicted molar refractivity (Wildman–Crippen MR) is 59.1 cm³/mol. The van der Waals surface area contributed by atoms with Crippen LogP contribution in [0.15, 0.2) is 24.3 Å². The number of amides is 1. The summed E-state index contributed by atoms with van der Waals surface area (Å²) in [5.74, 6) is -1.64. The van der Waals surface area contributed by atoms with Crippen LogP contribution in [-0.4, -0.2) is 29.6 Å². The highest BCUT2D eigenvalue weighted by atomic mass is 16.4. The van der Waals surface area contributed by atoms with E-state index in [2.05, 4.69) is 5.32 Å². The number of benzene rings is 1. The fourth-order valence-corrected chi connectivity index (χ4v) is 1.12. The third kappa shape index (κ3) is 3.59. The summed E-state index contributed by atoms with van der Waals surface area (Å²) in [7, 11) is 0. The number of nitrogens with two attached hydrogens (primary N) is 1. The maximum Gasteiger partial charge on any atom is 0.322 e. The largest absolute Gasteiger partial charge is 0.480 e. The monoisotopic (exact) mass is 233 g/mol. The van der Waals surface area contributed by atoms with Crippen molar-refractivity contribution in [1.29, 1.82) is 5.26 Å². The molecule has 0 saturated heterocycles. The maximum absolute atomic E-state index is 11.6. The highest BCUT2D eigenvalue weighted by molar-refractivity contribution is 5.94. The van der Waals surface area contributed by atoms with Crippen molar-refractivity contribution < 1.29 is 14.7 Å². The van der Waals surface area contributed by atoms with Crippen molar-refractivity contribution in [1.82, 2.24) is 5.32 Å². The summed E-state index contributed by atoms with van der Waals surface area (Å²) in [6.07, 6.45) is 0. The molecule has 4 N–H and O–H groups in total. The van der Waals surface area contributed by atoms with Gasteiger partial charge in [0.15, 0.2) is 0 Å².